The molecule has 0 atom stereocenters. The van der Waals surface area contributed by atoms with E-state index >= 15 is 0 Å². The fourth-order valence-electron chi connectivity index (χ4n) is 1.66. The standard InChI is InChI=1S/C10H14ClN3O2/c1-15-8-9(11)13-6-14-10(8)16-7-2-4-12-5-3-7/h6-7,12H,2-5H2,1H3. The second kappa shape index (κ2) is 5.32. The van der Waals surface area contributed by atoms with Crippen molar-refractivity contribution in [1.29, 1.82) is 0 Å². The summed E-state index contributed by atoms with van der Waals surface area (Å²) in [7, 11) is 1.53. The molecule has 16 heavy (non-hydrogen) atoms. The van der Waals surface area contributed by atoms with Gasteiger partial charge in [0.2, 0.25) is 5.75 Å². The molecule has 88 valence electrons. The predicted octanol–water partition coefficient (Wildman–Crippen LogP) is 1.27. The molecule has 0 amide bonds. The summed E-state index contributed by atoms with van der Waals surface area (Å²) in [5.41, 5.74) is 0. The monoisotopic (exact) mass is 243 g/mol. The lowest BCUT2D eigenvalue weighted by Crippen LogP contribution is -2.34. The smallest absolute Gasteiger partial charge is 0.262 e. The van der Waals surface area contributed by atoms with Crippen molar-refractivity contribution in [2.24, 2.45) is 0 Å². The lowest BCUT2D eigenvalue weighted by Gasteiger charge is -2.23. The van der Waals surface area contributed by atoms with E-state index in [1.54, 1.807) is 0 Å². The van der Waals surface area contributed by atoms with E-state index < -0.39 is 0 Å². The van der Waals surface area contributed by atoms with Crippen LogP contribution in [0.4, 0.5) is 0 Å². The zero-order valence-corrected chi connectivity index (χ0v) is 9.83. The highest BCUT2D eigenvalue weighted by atomic mass is 35.5. The molecule has 1 saturated heterocycles. The average Bonchev–Trinajstić information content (AvgIpc) is 2.31. The van der Waals surface area contributed by atoms with Crippen LogP contribution in [0.5, 0.6) is 11.6 Å². The maximum absolute atomic E-state index is 5.88. The third-order valence-electron chi connectivity index (χ3n) is 2.50. The van der Waals surface area contributed by atoms with Gasteiger partial charge in [-0.3, -0.25) is 0 Å². The van der Waals surface area contributed by atoms with Crippen molar-refractivity contribution in [2.45, 2.75) is 18.9 Å². The molecule has 2 rings (SSSR count). The molecule has 0 unspecified atom stereocenters. The Hall–Kier alpha value is -1.07. The van der Waals surface area contributed by atoms with Crippen molar-refractivity contribution in [3.8, 4) is 11.6 Å². The first-order chi connectivity index (χ1) is 7.81. The Morgan fingerprint density at radius 3 is 2.81 bits per heavy atom. The number of halogens is 1. The van der Waals surface area contributed by atoms with Crippen LogP contribution in [0.15, 0.2) is 6.33 Å². The molecule has 0 saturated carbocycles. The Morgan fingerprint density at radius 2 is 2.12 bits per heavy atom. The van der Waals surface area contributed by atoms with Gasteiger partial charge in [0.15, 0.2) is 5.15 Å². The Kier molecular flexibility index (Phi) is 3.79. The third-order valence-corrected chi connectivity index (χ3v) is 2.77. The highest BCUT2D eigenvalue weighted by Gasteiger charge is 2.19. The van der Waals surface area contributed by atoms with E-state index in [0.29, 0.717) is 11.6 Å². The number of aromatic nitrogens is 2. The van der Waals surface area contributed by atoms with Crippen molar-refractivity contribution in [1.82, 2.24) is 15.3 Å². The number of methoxy groups -OCH3 is 1. The molecule has 6 heteroatoms. The summed E-state index contributed by atoms with van der Waals surface area (Å²) in [6, 6.07) is 0. The van der Waals surface area contributed by atoms with Gasteiger partial charge in [0.1, 0.15) is 12.4 Å². The molecule has 0 spiro atoms. The van der Waals surface area contributed by atoms with Crippen LogP contribution in [-0.2, 0) is 0 Å². The lowest BCUT2D eigenvalue weighted by molar-refractivity contribution is 0.149. The van der Waals surface area contributed by atoms with Gasteiger partial charge < -0.3 is 14.8 Å². The first-order valence-corrected chi connectivity index (χ1v) is 5.61. The molecule has 2 heterocycles. The lowest BCUT2D eigenvalue weighted by atomic mass is 10.1. The van der Waals surface area contributed by atoms with E-state index in [1.165, 1.54) is 13.4 Å². The molecular weight excluding hydrogens is 230 g/mol. The maximum atomic E-state index is 5.88. The van der Waals surface area contributed by atoms with Gasteiger partial charge in [-0.15, -0.1) is 0 Å². The minimum atomic E-state index is 0.168. The van der Waals surface area contributed by atoms with Crippen LogP contribution in [0, 0.1) is 0 Å². The molecule has 1 aromatic rings. The highest BCUT2D eigenvalue weighted by molar-refractivity contribution is 6.31. The quantitative estimate of drug-likeness (QED) is 0.811. The van der Waals surface area contributed by atoms with E-state index in [1.807, 2.05) is 0 Å². The van der Waals surface area contributed by atoms with Crippen molar-refractivity contribution in [3.05, 3.63) is 11.5 Å². The van der Waals surface area contributed by atoms with E-state index in [4.69, 9.17) is 21.1 Å². The Morgan fingerprint density at radius 1 is 1.38 bits per heavy atom. The molecule has 0 radical (unpaired) electrons. The normalized spacial score (nSPS) is 17.1. The Bertz CT molecular complexity index is 356. The average molecular weight is 244 g/mol. The summed E-state index contributed by atoms with van der Waals surface area (Å²) < 4.78 is 10.9. The molecule has 0 aliphatic carbocycles. The summed E-state index contributed by atoms with van der Waals surface area (Å²) in [5.74, 6) is 0.831. The zero-order chi connectivity index (χ0) is 11.4. The highest BCUT2D eigenvalue weighted by Crippen LogP contribution is 2.31. The number of hydrogen-bond donors (Lipinski definition) is 1. The van der Waals surface area contributed by atoms with Gasteiger partial charge in [-0.1, -0.05) is 11.6 Å². The van der Waals surface area contributed by atoms with Gasteiger partial charge in [-0.2, -0.15) is 4.98 Å². The van der Waals surface area contributed by atoms with Crippen LogP contribution in [0.25, 0.3) is 0 Å². The van der Waals surface area contributed by atoms with Crippen molar-refractivity contribution >= 4 is 11.6 Å². The number of nitrogens with one attached hydrogen (secondary N) is 1. The van der Waals surface area contributed by atoms with Crippen LogP contribution in [0.1, 0.15) is 12.8 Å². The van der Waals surface area contributed by atoms with Crippen LogP contribution in [0.3, 0.4) is 0 Å². The van der Waals surface area contributed by atoms with E-state index in [0.717, 1.165) is 25.9 Å². The fourth-order valence-corrected chi connectivity index (χ4v) is 1.87. The SMILES string of the molecule is COc1c(Cl)ncnc1OC1CCNCC1. The second-order valence-electron chi connectivity index (χ2n) is 3.57. The molecule has 1 aromatic heterocycles. The molecule has 0 bridgehead atoms. The summed E-state index contributed by atoms with van der Waals surface area (Å²) >= 11 is 5.88. The summed E-state index contributed by atoms with van der Waals surface area (Å²) in [6.07, 6.45) is 3.47. The number of nitrogens with zero attached hydrogens (tertiary/aromatic N) is 2. The first kappa shape index (κ1) is 11.4. The molecule has 0 aromatic carbocycles. The van der Waals surface area contributed by atoms with Crippen molar-refractivity contribution in [2.75, 3.05) is 20.2 Å². The number of ether oxygens (including phenoxy) is 2. The fraction of sp³-hybridized carbons (Fsp3) is 0.600. The van der Waals surface area contributed by atoms with Gasteiger partial charge in [-0.05, 0) is 25.9 Å². The Labute approximate surface area is 99.1 Å². The van der Waals surface area contributed by atoms with Gasteiger partial charge >= 0.3 is 0 Å². The van der Waals surface area contributed by atoms with Gasteiger partial charge in [0.05, 0.1) is 7.11 Å². The van der Waals surface area contributed by atoms with Gasteiger partial charge in [-0.25, -0.2) is 4.98 Å². The van der Waals surface area contributed by atoms with Crippen LogP contribution in [-0.4, -0.2) is 36.3 Å². The number of piperidine rings is 1. The predicted molar refractivity (Wildman–Crippen MR) is 60.1 cm³/mol. The zero-order valence-electron chi connectivity index (χ0n) is 9.07. The molecule has 5 nitrogen and oxygen atoms in total. The van der Waals surface area contributed by atoms with E-state index in [2.05, 4.69) is 15.3 Å². The summed E-state index contributed by atoms with van der Waals surface area (Å²) in [4.78, 5) is 7.88. The summed E-state index contributed by atoms with van der Waals surface area (Å²) in [6.45, 7) is 1.93. The number of hydrogen-bond acceptors (Lipinski definition) is 5. The summed E-state index contributed by atoms with van der Waals surface area (Å²) in [5, 5.41) is 3.55. The number of rotatable bonds is 3. The molecule has 1 aliphatic rings. The van der Waals surface area contributed by atoms with E-state index in [9.17, 15) is 0 Å². The third kappa shape index (κ3) is 2.54. The van der Waals surface area contributed by atoms with Crippen molar-refractivity contribution < 1.29 is 9.47 Å². The Balaban J connectivity index is 2.10. The molecule has 1 fully saturated rings. The maximum Gasteiger partial charge on any atom is 0.262 e. The topological polar surface area (TPSA) is 56.3 Å². The van der Waals surface area contributed by atoms with Gasteiger partial charge in [0.25, 0.3) is 5.88 Å². The second-order valence-corrected chi connectivity index (χ2v) is 3.93. The minimum Gasteiger partial charge on any atom is -0.489 e. The molecule has 1 aliphatic heterocycles. The largest absolute Gasteiger partial charge is 0.489 e. The molecular formula is C10H14ClN3O2. The van der Waals surface area contributed by atoms with Crippen molar-refractivity contribution in [3.63, 3.8) is 0 Å². The van der Waals surface area contributed by atoms with Gasteiger partial charge in [0, 0.05) is 0 Å². The van der Waals surface area contributed by atoms with Crippen LogP contribution < -0.4 is 14.8 Å². The minimum absolute atomic E-state index is 0.168. The van der Waals surface area contributed by atoms with Crippen LogP contribution in [0.2, 0.25) is 5.15 Å². The first-order valence-electron chi connectivity index (χ1n) is 5.23. The van der Waals surface area contributed by atoms with Crippen LogP contribution >= 0.6 is 11.6 Å². The molecule has 1 N–H and O–H groups in total. The van der Waals surface area contributed by atoms with E-state index in [-0.39, 0.29) is 11.3 Å².